The molecule has 4 aromatic rings. The van der Waals surface area contributed by atoms with E-state index in [0.717, 1.165) is 27.9 Å². The molecular weight excluding hydrogens is 500 g/mol. The minimum atomic E-state index is -0.944. The van der Waals surface area contributed by atoms with Crippen molar-refractivity contribution in [3.63, 3.8) is 0 Å². The Labute approximate surface area is 224 Å². The summed E-state index contributed by atoms with van der Waals surface area (Å²) in [5.74, 6) is 1.17. The summed E-state index contributed by atoms with van der Waals surface area (Å²) in [6.07, 6.45) is 1.38. The molecule has 0 aliphatic carbocycles. The molecule has 7 rings (SSSR count). The molecular formula is C32H25F2NO4. The summed E-state index contributed by atoms with van der Waals surface area (Å²) in [5.41, 5.74) is 3.53. The number of anilines is 1. The lowest BCUT2D eigenvalue weighted by Gasteiger charge is -2.24. The lowest BCUT2D eigenvalue weighted by molar-refractivity contribution is -0.122. The second-order valence-electron chi connectivity index (χ2n) is 10.2. The lowest BCUT2D eigenvalue weighted by atomic mass is 9.77. The van der Waals surface area contributed by atoms with Gasteiger partial charge in [-0.25, -0.2) is 8.78 Å². The van der Waals surface area contributed by atoms with Crippen LogP contribution in [0.3, 0.4) is 0 Å². The van der Waals surface area contributed by atoms with Gasteiger partial charge in [0.05, 0.1) is 0 Å². The van der Waals surface area contributed by atoms with Gasteiger partial charge in [0.2, 0.25) is 12.7 Å². The van der Waals surface area contributed by atoms with Crippen molar-refractivity contribution in [3.8, 4) is 17.2 Å². The summed E-state index contributed by atoms with van der Waals surface area (Å²) in [7, 11) is 0. The van der Waals surface area contributed by atoms with E-state index in [1.165, 1.54) is 24.3 Å². The average molecular weight is 526 g/mol. The summed E-state index contributed by atoms with van der Waals surface area (Å²) in [6, 6.07) is 24.4. The van der Waals surface area contributed by atoms with Crippen LogP contribution in [0.5, 0.6) is 17.2 Å². The van der Waals surface area contributed by atoms with Crippen molar-refractivity contribution in [1.29, 1.82) is 0 Å². The predicted octanol–water partition coefficient (Wildman–Crippen LogP) is 6.33. The molecule has 1 amide bonds. The van der Waals surface area contributed by atoms with Crippen molar-refractivity contribution in [2.24, 2.45) is 0 Å². The highest BCUT2D eigenvalue weighted by molar-refractivity contribution is 6.11. The Bertz CT molecular complexity index is 1530. The van der Waals surface area contributed by atoms with Gasteiger partial charge in [0.25, 0.3) is 0 Å². The zero-order valence-electron chi connectivity index (χ0n) is 21.0. The molecule has 0 fully saturated rings. The van der Waals surface area contributed by atoms with Gasteiger partial charge in [-0.3, -0.25) is 4.79 Å². The van der Waals surface area contributed by atoms with Crippen LogP contribution in [0.15, 0.2) is 84.9 Å². The van der Waals surface area contributed by atoms with E-state index < -0.39 is 5.41 Å². The maximum atomic E-state index is 14.2. The molecule has 1 spiro atoms. The highest BCUT2D eigenvalue weighted by atomic mass is 19.1. The first kappa shape index (κ1) is 23.7. The Morgan fingerprint density at radius 1 is 0.769 bits per heavy atom. The van der Waals surface area contributed by atoms with Crippen molar-refractivity contribution >= 4 is 11.6 Å². The summed E-state index contributed by atoms with van der Waals surface area (Å²) >= 11 is 0. The number of nitrogens with zero attached hydrogens (tertiary/aromatic N) is 1. The van der Waals surface area contributed by atoms with Crippen LogP contribution >= 0.6 is 0 Å². The zero-order valence-corrected chi connectivity index (χ0v) is 21.0. The molecule has 3 aliphatic rings. The molecule has 3 heterocycles. The van der Waals surface area contributed by atoms with Gasteiger partial charge in [-0.2, -0.15) is 0 Å². The quantitative estimate of drug-likeness (QED) is 0.295. The molecule has 0 saturated heterocycles. The van der Waals surface area contributed by atoms with E-state index in [0.29, 0.717) is 36.6 Å². The highest BCUT2D eigenvalue weighted by Crippen LogP contribution is 2.55. The third-order valence-corrected chi connectivity index (χ3v) is 8.06. The van der Waals surface area contributed by atoms with Crippen molar-refractivity contribution in [1.82, 2.24) is 0 Å². The van der Waals surface area contributed by atoms with Gasteiger partial charge in [0, 0.05) is 29.8 Å². The number of carbonyl (C=O) groups excluding carboxylic acids is 1. The number of amides is 1. The molecule has 1 unspecified atom stereocenters. The fourth-order valence-electron chi connectivity index (χ4n) is 6.16. The minimum Gasteiger partial charge on any atom is -0.491 e. The summed E-state index contributed by atoms with van der Waals surface area (Å²) in [4.78, 5) is 16.1. The van der Waals surface area contributed by atoms with E-state index in [1.54, 1.807) is 30.3 Å². The van der Waals surface area contributed by atoms with Crippen LogP contribution in [0.2, 0.25) is 0 Å². The third kappa shape index (κ3) is 3.75. The number of carbonyl (C=O) groups is 1. The molecule has 4 aromatic carbocycles. The van der Waals surface area contributed by atoms with Crippen LogP contribution in [-0.2, 0) is 10.2 Å². The van der Waals surface area contributed by atoms with E-state index in [2.05, 4.69) is 0 Å². The molecule has 7 heteroatoms. The molecule has 0 aromatic heterocycles. The standard InChI is InChI=1S/C32H25F2NO4/c33-22-11-7-20(8-12-22)24(21-9-13-23(34)14-10-21)4-3-15-35-27-6-2-1-5-25(27)32(31(35)36)18-37-28-17-30-29(16-26(28)32)38-19-39-30/h1-2,5-14,16-17,24H,3-4,15,18-19H2. The largest absolute Gasteiger partial charge is 0.491 e. The number of benzene rings is 4. The van der Waals surface area contributed by atoms with Gasteiger partial charge in [-0.15, -0.1) is 0 Å². The number of hydrogen-bond donors (Lipinski definition) is 0. The van der Waals surface area contributed by atoms with Gasteiger partial charge in [-0.05, 0) is 65.9 Å². The Kier molecular flexibility index (Phi) is 5.54. The van der Waals surface area contributed by atoms with E-state index >= 15 is 0 Å². The van der Waals surface area contributed by atoms with Crippen LogP contribution in [0.1, 0.15) is 41.0 Å². The van der Waals surface area contributed by atoms with Crippen LogP contribution in [0.4, 0.5) is 14.5 Å². The van der Waals surface area contributed by atoms with Crippen molar-refractivity contribution in [2.45, 2.75) is 24.2 Å². The van der Waals surface area contributed by atoms with Crippen LogP contribution in [0, 0.1) is 11.6 Å². The number of fused-ring (bicyclic) bond motifs is 5. The molecule has 5 nitrogen and oxygen atoms in total. The molecule has 3 aliphatic heterocycles. The normalized spacial score (nSPS) is 18.5. The summed E-state index contributed by atoms with van der Waals surface area (Å²) in [5, 5.41) is 0. The maximum absolute atomic E-state index is 14.2. The molecule has 39 heavy (non-hydrogen) atoms. The van der Waals surface area contributed by atoms with E-state index in [4.69, 9.17) is 14.2 Å². The third-order valence-electron chi connectivity index (χ3n) is 8.06. The van der Waals surface area contributed by atoms with E-state index in [1.807, 2.05) is 35.2 Å². The van der Waals surface area contributed by atoms with Gasteiger partial charge < -0.3 is 19.1 Å². The maximum Gasteiger partial charge on any atom is 0.245 e. The van der Waals surface area contributed by atoms with Gasteiger partial charge in [0.1, 0.15) is 29.4 Å². The zero-order chi connectivity index (χ0) is 26.6. The smallest absolute Gasteiger partial charge is 0.245 e. The summed E-state index contributed by atoms with van der Waals surface area (Å²) in [6.45, 7) is 0.854. The second kappa shape index (κ2) is 9.12. The van der Waals surface area contributed by atoms with Crippen molar-refractivity contribution in [2.75, 3.05) is 24.8 Å². The number of hydrogen-bond acceptors (Lipinski definition) is 4. The van der Waals surface area contributed by atoms with Gasteiger partial charge >= 0.3 is 0 Å². The van der Waals surface area contributed by atoms with E-state index in [-0.39, 0.29) is 36.9 Å². The first-order chi connectivity index (χ1) is 19.0. The Hall–Kier alpha value is -4.39. The average Bonchev–Trinajstić information content (AvgIpc) is 3.63. The first-order valence-electron chi connectivity index (χ1n) is 13.0. The first-order valence-corrected chi connectivity index (χ1v) is 13.0. The van der Waals surface area contributed by atoms with Gasteiger partial charge in [-0.1, -0.05) is 42.5 Å². The fourth-order valence-corrected chi connectivity index (χ4v) is 6.16. The Morgan fingerprint density at radius 2 is 1.41 bits per heavy atom. The SMILES string of the molecule is O=C1N(CCCC(c2ccc(F)cc2)c2ccc(F)cc2)c2ccccc2C12COc1cc3c(cc12)OCO3. The monoisotopic (exact) mass is 525 g/mol. The second-order valence-corrected chi connectivity index (χ2v) is 10.2. The predicted molar refractivity (Wildman–Crippen MR) is 142 cm³/mol. The van der Waals surface area contributed by atoms with Crippen LogP contribution in [-0.4, -0.2) is 25.9 Å². The van der Waals surface area contributed by atoms with E-state index in [9.17, 15) is 13.6 Å². The molecule has 0 saturated carbocycles. The highest BCUT2D eigenvalue weighted by Gasteiger charge is 2.57. The van der Waals surface area contributed by atoms with Crippen molar-refractivity contribution < 1.29 is 27.8 Å². The minimum absolute atomic E-state index is 0.0265. The summed E-state index contributed by atoms with van der Waals surface area (Å²) < 4.78 is 44.5. The molecule has 0 N–H and O–H groups in total. The molecule has 0 radical (unpaired) electrons. The Morgan fingerprint density at radius 3 is 2.10 bits per heavy atom. The lowest BCUT2D eigenvalue weighted by Crippen LogP contribution is -2.42. The van der Waals surface area contributed by atoms with Crippen molar-refractivity contribution in [3.05, 3.63) is 119 Å². The number of halogens is 2. The number of rotatable bonds is 6. The van der Waals surface area contributed by atoms with Gasteiger partial charge in [0.15, 0.2) is 11.5 Å². The molecule has 1 atom stereocenters. The number of para-hydroxylation sites is 1. The topological polar surface area (TPSA) is 48.0 Å². The Balaban J connectivity index is 1.18. The number of ether oxygens (including phenoxy) is 3. The molecule has 0 bridgehead atoms. The van der Waals surface area contributed by atoms with Crippen LogP contribution in [0.25, 0.3) is 0 Å². The fraction of sp³-hybridized carbons (Fsp3) is 0.219. The molecule has 196 valence electrons. The van der Waals surface area contributed by atoms with Crippen LogP contribution < -0.4 is 19.1 Å².